The molecule has 1 heterocycles. The van der Waals surface area contributed by atoms with Gasteiger partial charge in [-0.05, 0) is 54.5 Å². The zero-order chi connectivity index (χ0) is 14.4. The van der Waals surface area contributed by atoms with Crippen molar-refractivity contribution in [1.29, 1.82) is 0 Å². The fourth-order valence-electron chi connectivity index (χ4n) is 2.17. The molecule has 1 aromatic rings. The van der Waals surface area contributed by atoms with Crippen LogP contribution in [0.3, 0.4) is 0 Å². The fraction of sp³-hybridized carbons (Fsp3) is 0.438. The molecule has 1 aliphatic heterocycles. The average Bonchev–Trinajstić information content (AvgIpc) is 2.96. The van der Waals surface area contributed by atoms with Crippen LogP contribution < -0.4 is 11.1 Å². The van der Waals surface area contributed by atoms with E-state index in [1.54, 1.807) is 0 Å². The third-order valence-corrected chi connectivity index (χ3v) is 4.62. The van der Waals surface area contributed by atoms with Crippen molar-refractivity contribution in [3.05, 3.63) is 34.9 Å². The van der Waals surface area contributed by atoms with Crippen molar-refractivity contribution in [1.82, 2.24) is 5.32 Å². The highest BCUT2D eigenvalue weighted by atomic mass is 32.2. The van der Waals surface area contributed by atoms with Gasteiger partial charge in [0.1, 0.15) is 0 Å². The molecule has 1 unspecified atom stereocenters. The maximum atomic E-state index is 12.1. The normalized spacial score (nSPS) is 17.4. The van der Waals surface area contributed by atoms with Gasteiger partial charge in [-0.15, -0.1) is 0 Å². The zero-order valence-corrected chi connectivity index (χ0v) is 12.6. The third-order valence-electron chi connectivity index (χ3n) is 3.39. The minimum absolute atomic E-state index is 0.00309. The highest BCUT2D eigenvalue weighted by Crippen LogP contribution is 2.22. The van der Waals surface area contributed by atoms with Crippen molar-refractivity contribution < 1.29 is 4.79 Å². The second-order valence-corrected chi connectivity index (χ2v) is 6.13. The Morgan fingerprint density at radius 2 is 2.40 bits per heavy atom. The first-order chi connectivity index (χ1) is 9.70. The van der Waals surface area contributed by atoms with E-state index in [1.807, 2.05) is 36.9 Å². The molecule has 20 heavy (non-hydrogen) atoms. The van der Waals surface area contributed by atoms with Crippen molar-refractivity contribution >= 4 is 17.7 Å². The lowest BCUT2D eigenvalue weighted by atomic mass is 10.0. The molecule has 2 rings (SSSR count). The molecule has 106 valence electrons. The number of nitrogens with one attached hydrogen (secondary N) is 1. The molecule has 1 amide bonds. The van der Waals surface area contributed by atoms with Crippen LogP contribution in [0.4, 0.5) is 0 Å². The van der Waals surface area contributed by atoms with E-state index in [-0.39, 0.29) is 5.91 Å². The quantitative estimate of drug-likeness (QED) is 0.834. The Balaban J connectivity index is 1.97. The Morgan fingerprint density at radius 1 is 1.55 bits per heavy atom. The summed E-state index contributed by atoms with van der Waals surface area (Å²) in [6.45, 7) is 3.09. The van der Waals surface area contributed by atoms with Gasteiger partial charge in [-0.3, -0.25) is 4.79 Å². The monoisotopic (exact) mass is 288 g/mol. The lowest BCUT2D eigenvalue weighted by molar-refractivity contribution is 0.0948. The second-order valence-electron chi connectivity index (χ2n) is 4.98. The molecule has 0 bridgehead atoms. The minimum atomic E-state index is 0.00309. The molecule has 3 N–H and O–H groups in total. The van der Waals surface area contributed by atoms with Crippen LogP contribution in [0.2, 0.25) is 0 Å². The Kier molecular flexibility index (Phi) is 5.51. The van der Waals surface area contributed by atoms with E-state index >= 15 is 0 Å². The maximum absolute atomic E-state index is 12.1. The summed E-state index contributed by atoms with van der Waals surface area (Å²) >= 11 is 1.96. The zero-order valence-electron chi connectivity index (χ0n) is 11.7. The Labute approximate surface area is 124 Å². The number of aryl methyl sites for hydroxylation is 1. The third kappa shape index (κ3) is 4.03. The van der Waals surface area contributed by atoms with E-state index < -0.39 is 0 Å². The molecular formula is C16H20N2OS. The van der Waals surface area contributed by atoms with E-state index in [0.29, 0.717) is 18.0 Å². The Hall–Kier alpha value is -1.44. The number of nitrogens with two attached hydrogens (primary N) is 1. The molecule has 0 aliphatic carbocycles. The molecule has 0 saturated carbocycles. The van der Waals surface area contributed by atoms with Crippen LogP contribution >= 0.6 is 11.8 Å². The number of amides is 1. The van der Waals surface area contributed by atoms with Crippen molar-refractivity contribution in [2.75, 3.05) is 24.6 Å². The molecule has 0 aromatic heterocycles. The molecule has 4 heteroatoms. The van der Waals surface area contributed by atoms with Crippen molar-refractivity contribution in [2.24, 2.45) is 11.7 Å². The number of benzene rings is 1. The van der Waals surface area contributed by atoms with Gasteiger partial charge in [0.05, 0.1) is 6.54 Å². The topological polar surface area (TPSA) is 55.1 Å². The van der Waals surface area contributed by atoms with Gasteiger partial charge in [0.2, 0.25) is 0 Å². The largest absolute Gasteiger partial charge is 0.352 e. The predicted octanol–water partition coefficient (Wildman–Crippen LogP) is 1.79. The number of carbonyl (C=O) groups is 1. The van der Waals surface area contributed by atoms with E-state index in [1.165, 1.54) is 12.2 Å². The van der Waals surface area contributed by atoms with Crippen LogP contribution in [0.1, 0.15) is 27.9 Å². The average molecular weight is 288 g/mol. The van der Waals surface area contributed by atoms with Crippen LogP contribution in [0.25, 0.3) is 0 Å². The molecule has 1 atom stereocenters. The minimum Gasteiger partial charge on any atom is -0.352 e. The summed E-state index contributed by atoms with van der Waals surface area (Å²) in [6, 6.07) is 5.60. The summed E-state index contributed by atoms with van der Waals surface area (Å²) in [4.78, 5) is 12.1. The number of hydrogen-bond donors (Lipinski definition) is 2. The molecular weight excluding hydrogens is 268 g/mol. The molecule has 1 aliphatic rings. The SMILES string of the molecule is Cc1cc(C(=O)NCC2CCSC2)ccc1C#CCN. The van der Waals surface area contributed by atoms with Crippen LogP contribution in [0.5, 0.6) is 0 Å². The van der Waals surface area contributed by atoms with E-state index in [9.17, 15) is 4.79 Å². The summed E-state index contributed by atoms with van der Waals surface area (Å²) in [5.41, 5.74) is 8.00. The van der Waals surface area contributed by atoms with E-state index in [2.05, 4.69) is 17.2 Å². The van der Waals surface area contributed by atoms with Crippen LogP contribution in [0, 0.1) is 24.7 Å². The van der Waals surface area contributed by atoms with E-state index in [4.69, 9.17) is 5.73 Å². The number of hydrogen-bond acceptors (Lipinski definition) is 3. The van der Waals surface area contributed by atoms with Crippen LogP contribution in [-0.2, 0) is 0 Å². The smallest absolute Gasteiger partial charge is 0.251 e. The van der Waals surface area contributed by atoms with Gasteiger partial charge in [0.15, 0.2) is 0 Å². The summed E-state index contributed by atoms with van der Waals surface area (Å²) in [6.07, 6.45) is 1.21. The van der Waals surface area contributed by atoms with Gasteiger partial charge in [0.25, 0.3) is 5.91 Å². The first-order valence-corrected chi connectivity index (χ1v) is 8.01. The van der Waals surface area contributed by atoms with Gasteiger partial charge in [-0.2, -0.15) is 11.8 Å². The lowest BCUT2D eigenvalue weighted by Gasteiger charge is -2.10. The van der Waals surface area contributed by atoms with Crippen LogP contribution in [0.15, 0.2) is 18.2 Å². The Bertz CT molecular complexity index is 539. The number of carbonyl (C=O) groups excluding carboxylic acids is 1. The maximum Gasteiger partial charge on any atom is 0.251 e. The summed E-state index contributed by atoms with van der Waals surface area (Å²) in [5.74, 6) is 8.84. The van der Waals surface area contributed by atoms with Crippen molar-refractivity contribution in [3.8, 4) is 11.8 Å². The summed E-state index contributed by atoms with van der Waals surface area (Å²) in [5, 5.41) is 3.02. The van der Waals surface area contributed by atoms with Gasteiger partial charge in [-0.1, -0.05) is 11.8 Å². The van der Waals surface area contributed by atoms with Gasteiger partial charge in [0, 0.05) is 17.7 Å². The van der Waals surface area contributed by atoms with Crippen molar-refractivity contribution in [2.45, 2.75) is 13.3 Å². The first kappa shape index (κ1) is 15.0. The lowest BCUT2D eigenvalue weighted by Crippen LogP contribution is -2.29. The summed E-state index contributed by atoms with van der Waals surface area (Å²) < 4.78 is 0. The Morgan fingerprint density at radius 3 is 3.05 bits per heavy atom. The molecule has 0 radical (unpaired) electrons. The standard InChI is InChI=1S/C16H20N2OS/c1-12-9-15(5-4-14(12)3-2-7-17)16(19)18-10-13-6-8-20-11-13/h4-5,9,13H,6-8,10-11,17H2,1H3,(H,18,19). The van der Waals surface area contributed by atoms with Gasteiger partial charge >= 0.3 is 0 Å². The molecule has 3 nitrogen and oxygen atoms in total. The molecule has 0 spiro atoms. The van der Waals surface area contributed by atoms with Gasteiger partial charge in [-0.25, -0.2) is 0 Å². The summed E-state index contributed by atoms with van der Waals surface area (Å²) in [7, 11) is 0. The van der Waals surface area contributed by atoms with Crippen molar-refractivity contribution in [3.63, 3.8) is 0 Å². The van der Waals surface area contributed by atoms with Crippen LogP contribution in [-0.4, -0.2) is 30.5 Å². The highest BCUT2D eigenvalue weighted by Gasteiger charge is 2.16. The molecule has 1 saturated heterocycles. The highest BCUT2D eigenvalue weighted by molar-refractivity contribution is 7.99. The van der Waals surface area contributed by atoms with Gasteiger partial charge < -0.3 is 11.1 Å². The number of thioether (sulfide) groups is 1. The fourth-order valence-corrected chi connectivity index (χ4v) is 3.46. The second kappa shape index (κ2) is 7.37. The first-order valence-electron chi connectivity index (χ1n) is 6.86. The molecule has 1 fully saturated rings. The van der Waals surface area contributed by atoms with E-state index in [0.717, 1.165) is 23.4 Å². The number of rotatable bonds is 3. The molecule has 1 aromatic carbocycles. The predicted molar refractivity (Wildman–Crippen MR) is 84.9 cm³/mol.